The van der Waals surface area contributed by atoms with Crippen LogP contribution >= 0.6 is 0 Å². The predicted molar refractivity (Wildman–Crippen MR) is 70.2 cm³/mol. The molecule has 0 aromatic carbocycles. The third-order valence-corrected chi connectivity index (χ3v) is 5.79. The van der Waals surface area contributed by atoms with Crippen LogP contribution < -0.4 is 0 Å². The molecular formula is C13H20F2O5S. The van der Waals surface area contributed by atoms with Gasteiger partial charge in [0, 0.05) is 11.3 Å². The Bertz CT molecular complexity index is 580. The molecule has 3 atom stereocenters. The zero-order valence-corrected chi connectivity index (χ0v) is 13.3. The number of carbonyl (C=O) groups excluding carboxylic acids is 1. The van der Waals surface area contributed by atoms with Gasteiger partial charge in [0.05, 0.1) is 0 Å². The molecule has 5 nitrogen and oxygen atoms in total. The van der Waals surface area contributed by atoms with Crippen molar-refractivity contribution in [2.75, 3.05) is 0 Å². The molecule has 3 unspecified atom stereocenters. The van der Waals surface area contributed by atoms with E-state index in [1.165, 1.54) is 0 Å². The van der Waals surface area contributed by atoms with Crippen LogP contribution in [0.3, 0.4) is 0 Å². The van der Waals surface area contributed by atoms with E-state index in [4.69, 9.17) is 9.29 Å². The summed E-state index contributed by atoms with van der Waals surface area (Å²) in [4.78, 5) is 11.6. The van der Waals surface area contributed by atoms with Gasteiger partial charge in [-0.1, -0.05) is 27.7 Å². The summed E-state index contributed by atoms with van der Waals surface area (Å²) in [7, 11) is -5.83. The number of rotatable bonds is 3. The van der Waals surface area contributed by atoms with E-state index >= 15 is 0 Å². The second-order valence-corrected chi connectivity index (χ2v) is 8.93. The molecule has 0 spiro atoms. The van der Waals surface area contributed by atoms with Crippen molar-refractivity contribution in [3.63, 3.8) is 0 Å². The minimum Gasteiger partial charge on any atom is -0.453 e. The Kier molecular flexibility index (Phi) is 3.29. The van der Waals surface area contributed by atoms with Crippen molar-refractivity contribution in [2.24, 2.45) is 16.7 Å². The van der Waals surface area contributed by atoms with Gasteiger partial charge in [-0.2, -0.15) is 17.2 Å². The van der Waals surface area contributed by atoms with E-state index in [0.29, 0.717) is 6.42 Å². The Balaban J connectivity index is 2.29. The fourth-order valence-electron chi connectivity index (χ4n) is 3.77. The summed E-state index contributed by atoms with van der Waals surface area (Å²) in [6.45, 7) is 7.63. The number of hydrogen-bond donors (Lipinski definition) is 1. The Morgan fingerprint density at radius 3 is 2.24 bits per heavy atom. The fourth-order valence-corrected chi connectivity index (χ4v) is 4.02. The molecule has 2 aliphatic rings. The number of ether oxygens (including phenoxy) is 1. The van der Waals surface area contributed by atoms with Gasteiger partial charge >= 0.3 is 21.3 Å². The number of hydrogen-bond acceptors (Lipinski definition) is 4. The molecule has 0 aromatic heterocycles. The minimum absolute atomic E-state index is 0.129. The maximum absolute atomic E-state index is 13.4. The van der Waals surface area contributed by atoms with Crippen LogP contribution in [0, 0.1) is 16.7 Å². The molecule has 21 heavy (non-hydrogen) atoms. The van der Waals surface area contributed by atoms with Crippen molar-refractivity contribution in [3.05, 3.63) is 0 Å². The first kappa shape index (κ1) is 16.6. The summed E-state index contributed by atoms with van der Waals surface area (Å²) < 4.78 is 61.6. The Morgan fingerprint density at radius 1 is 1.33 bits per heavy atom. The monoisotopic (exact) mass is 326 g/mol. The van der Waals surface area contributed by atoms with Crippen LogP contribution in [0.5, 0.6) is 0 Å². The predicted octanol–water partition coefficient (Wildman–Crippen LogP) is 2.62. The first-order valence-electron chi connectivity index (χ1n) is 6.76. The van der Waals surface area contributed by atoms with Crippen molar-refractivity contribution in [2.45, 2.75) is 57.8 Å². The Morgan fingerprint density at radius 2 is 1.86 bits per heavy atom. The van der Waals surface area contributed by atoms with Crippen LogP contribution in [0.4, 0.5) is 8.78 Å². The van der Waals surface area contributed by atoms with E-state index in [9.17, 15) is 22.0 Å². The number of esters is 1. The molecule has 0 aromatic rings. The molecule has 0 saturated heterocycles. The Hall–Kier alpha value is -0.760. The van der Waals surface area contributed by atoms with Gasteiger partial charge in [-0.05, 0) is 24.7 Å². The standard InChI is InChI=1S/C13H20F2O5S/c1-10(2,3)8-5-6-11(4)7-12(8,11)20-9(16)13(14,15)21(17,18)19/h8H,5-7H2,1-4H3,(H,17,18,19). The van der Waals surface area contributed by atoms with Gasteiger partial charge in [-0.25, -0.2) is 4.79 Å². The summed E-state index contributed by atoms with van der Waals surface area (Å²) in [6, 6.07) is 0. The molecule has 0 amide bonds. The van der Waals surface area contributed by atoms with Crippen molar-refractivity contribution < 1.29 is 31.3 Å². The molecule has 0 bridgehead atoms. The molecule has 8 heteroatoms. The van der Waals surface area contributed by atoms with Crippen LogP contribution in [0.15, 0.2) is 0 Å². The summed E-state index contributed by atoms with van der Waals surface area (Å²) in [5.74, 6) is -2.32. The number of alkyl halides is 2. The van der Waals surface area contributed by atoms with Gasteiger partial charge in [0.1, 0.15) is 5.60 Å². The average Bonchev–Trinajstić information content (AvgIpc) is 2.69. The van der Waals surface area contributed by atoms with Crippen LogP contribution in [0.25, 0.3) is 0 Å². The molecule has 2 rings (SSSR count). The lowest BCUT2D eigenvalue weighted by atomic mass is 9.76. The smallest absolute Gasteiger partial charge is 0.453 e. The molecule has 1 N–H and O–H groups in total. The van der Waals surface area contributed by atoms with Crippen LogP contribution in [-0.4, -0.2) is 29.8 Å². The molecule has 0 heterocycles. The van der Waals surface area contributed by atoms with Crippen molar-refractivity contribution in [3.8, 4) is 0 Å². The average molecular weight is 326 g/mol. The highest BCUT2D eigenvalue weighted by Crippen LogP contribution is 2.74. The zero-order chi connectivity index (χ0) is 16.5. The summed E-state index contributed by atoms with van der Waals surface area (Å²) in [5.41, 5.74) is -1.71. The lowest BCUT2D eigenvalue weighted by molar-refractivity contribution is -0.176. The summed E-state index contributed by atoms with van der Waals surface area (Å²) in [5, 5.41) is -4.93. The first-order chi connectivity index (χ1) is 9.17. The van der Waals surface area contributed by atoms with Gasteiger partial charge in [-0.15, -0.1) is 0 Å². The van der Waals surface area contributed by atoms with E-state index in [-0.39, 0.29) is 11.3 Å². The molecule has 2 saturated carbocycles. The lowest BCUT2D eigenvalue weighted by Crippen LogP contribution is -2.45. The fraction of sp³-hybridized carbons (Fsp3) is 0.923. The normalized spacial score (nSPS) is 36.2. The van der Waals surface area contributed by atoms with Crippen LogP contribution in [-0.2, 0) is 19.6 Å². The first-order valence-corrected chi connectivity index (χ1v) is 8.20. The molecular weight excluding hydrogens is 306 g/mol. The van der Waals surface area contributed by atoms with Gasteiger partial charge in [0.25, 0.3) is 0 Å². The van der Waals surface area contributed by atoms with Crippen LogP contribution in [0.2, 0.25) is 0 Å². The second-order valence-electron chi connectivity index (χ2n) is 7.47. The maximum Gasteiger partial charge on any atom is 0.465 e. The van der Waals surface area contributed by atoms with E-state index < -0.39 is 32.4 Å². The largest absolute Gasteiger partial charge is 0.465 e. The number of carbonyl (C=O) groups is 1. The number of halogens is 2. The van der Waals surface area contributed by atoms with Crippen molar-refractivity contribution >= 4 is 16.1 Å². The quantitative estimate of drug-likeness (QED) is 0.637. The molecule has 2 aliphatic carbocycles. The highest BCUT2D eigenvalue weighted by molar-refractivity contribution is 7.87. The maximum atomic E-state index is 13.4. The minimum atomic E-state index is -5.83. The van der Waals surface area contributed by atoms with Crippen molar-refractivity contribution in [1.82, 2.24) is 0 Å². The van der Waals surface area contributed by atoms with E-state index in [2.05, 4.69) is 0 Å². The summed E-state index contributed by atoms with van der Waals surface area (Å²) >= 11 is 0. The Labute approximate surface area is 122 Å². The topological polar surface area (TPSA) is 80.7 Å². The number of fused-ring (bicyclic) bond motifs is 1. The van der Waals surface area contributed by atoms with Crippen LogP contribution in [0.1, 0.15) is 47.0 Å². The van der Waals surface area contributed by atoms with E-state index in [0.717, 1.165) is 12.8 Å². The zero-order valence-electron chi connectivity index (χ0n) is 12.4. The molecule has 122 valence electrons. The van der Waals surface area contributed by atoms with Crippen molar-refractivity contribution in [1.29, 1.82) is 0 Å². The molecule has 0 radical (unpaired) electrons. The summed E-state index contributed by atoms with van der Waals surface area (Å²) in [6.07, 6.45) is 1.90. The lowest BCUT2D eigenvalue weighted by Gasteiger charge is -2.35. The van der Waals surface area contributed by atoms with E-state index in [1.807, 2.05) is 27.7 Å². The molecule has 2 fully saturated rings. The van der Waals surface area contributed by atoms with Gasteiger partial charge in [0.2, 0.25) is 0 Å². The van der Waals surface area contributed by atoms with Gasteiger partial charge in [0.15, 0.2) is 0 Å². The third-order valence-electron chi connectivity index (χ3n) is 4.98. The second kappa shape index (κ2) is 4.16. The third kappa shape index (κ3) is 2.27. The highest BCUT2D eigenvalue weighted by Gasteiger charge is 2.77. The highest BCUT2D eigenvalue weighted by atomic mass is 32.2. The molecule has 0 aliphatic heterocycles. The van der Waals surface area contributed by atoms with E-state index in [1.54, 1.807) is 0 Å². The SMILES string of the molecule is CC(C)(C)C1CCC2(C)CC12OC(=O)C(F)(F)S(=O)(=O)O. The van der Waals surface area contributed by atoms with Gasteiger partial charge in [-0.3, -0.25) is 4.55 Å². The van der Waals surface area contributed by atoms with Gasteiger partial charge < -0.3 is 4.74 Å².